The van der Waals surface area contributed by atoms with Crippen molar-refractivity contribution in [3.05, 3.63) is 24.3 Å². The van der Waals surface area contributed by atoms with E-state index in [-0.39, 0.29) is 5.91 Å². The third-order valence-electron chi connectivity index (χ3n) is 2.63. The molecule has 1 aromatic carbocycles. The standard InChI is InChI=1S/C14H22N2O2/c1-4-16(10-9-15-12(3)17)13-7-6-8-14(11-13)18-5-2/h6-8,11H,4-5,9-10H2,1-3H3,(H,15,17). The fourth-order valence-corrected chi connectivity index (χ4v) is 1.77. The highest BCUT2D eigenvalue weighted by Crippen LogP contribution is 2.20. The van der Waals surface area contributed by atoms with E-state index in [2.05, 4.69) is 23.2 Å². The summed E-state index contributed by atoms with van der Waals surface area (Å²) in [4.78, 5) is 13.0. The fraction of sp³-hybridized carbons (Fsp3) is 0.500. The molecule has 0 heterocycles. The number of carbonyl (C=O) groups is 1. The Labute approximate surface area is 109 Å². The van der Waals surface area contributed by atoms with Crippen LogP contribution >= 0.6 is 0 Å². The number of nitrogens with one attached hydrogen (secondary N) is 1. The number of anilines is 1. The molecule has 0 aliphatic heterocycles. The van der Waals surface area contributed by atoms with E-state index >= 15 is 0 Å². The maximum atomic E-state index is 10.8. The van der Waals surface area contributed by atoms with Gasteiger partial charge in [-0.15, -0.1) is 0 Å². The van der Waals surface area contributed by atoms with Crippen LogP contribution in [0.25, 0.3) is 0 Å². The molecule has 0 aliphatic rings. The summed E-state index contributed by atoms with van der Waals surface area (Å²) >= 11 is 0. The summed E-state index contributed by atoms with van der Waals surface area (Å²) in [7, 11) is 0. The summed E-state index contributed by atoms with van der Waals surface area (Å²) < 4.78 is 5.49. The minimum atomic E-state index is 0.00844. The fourth-order valence-electron chi connectivity index (χ4n) is 1.77. The van der Waals surface area contributed by atoms with Gasteiger partial charge in [0.15, 0.2) is 0 Å². The number of hydrogen-bond donors (Lipinski definition) is 1. The van der Waals surface area contributed by atoms with Gasteiger partial charge >= 0.3 is 0 Å². The van der Waals surface area contributed by atoms with Gasteiger partial charge in [-0.2, -0.15) is 0 Å². The zero-order valence-electron chi connectivity index (χ0n) is 11.4. The number of ether oxygens (including phenoxy) is 1. The van der Waals surface area contributed by atoms with Gasteiger partial charge in [0, 0.05) is 38.3 Å². The molecule has 0 spiro atoms. The molecular formula is C14H22N2O2. The predicted molar refractivity (Wildman–Crippen MR) is 74.2 cm³/mol. The minimum Gasteiger partial charge on any atom is -0.494 e. The average Bonchev–Trinajstić information content (AvgIpc) is 2.35. The highest BCUT2D eigenvalue weighted by molar-refractivity contribution is 5.72. The van der Waals surface area contributed by atoms with Gasteiger partial charge in [0.2, 0.25) is 5.91 Å². The Morgan fingerprint density at radius 3 is 2.78 bits per heavy atom. The minimum absolute atomic E-state index is 0.00844. The lowest BCUT2D eigenvalue weighted by atomic mass is 10.2. The topological polar surface area (TPSA) is 41.6 Å². The van der Waals surface area contributed by atoms with Crippen molar-refractivity contribution in [2.75, 3.05) is 31.1 Å². The van der Waals surface area contributed by atoms with E-state index in [0.29, 0.717) is 13.2 Å². The van der Waals surface area contributed by atoms with Gasteiger partial charge in [-0.05, 0) is 26.0 Å². The molecule has 1 amide bonds. The van der Waals surface area contributed by atoms with Crippen LogP contribution in [0.4, 0.5) is 5.69 Å². The number of hydrogen-bond acceptors (Lipinski definition) is 3. The van der Waals surface area contributed by atoms with E-state index in [4.69, 9.17) is 4.74 Å². The summed E-state index contributed by atoms with van der Waals surface area (Å²) in [5, 5.41) is 2.81. The maximum absolute atomic E-state index is 10.8. The van der Waals surface area contributed by atoms with Crippen molar-refractivity contribution in [2.45, 2.75) is 20.8 Å². The predicted octanol–water partition coefficient (Wildman–Crippen LogP) is 2.05. The second-order valence-electron chi connectivity index (χ2n) is 3.99. The van der Waals surface area contributed by atoms with Crippen molar-refractivity contribution in [1.82, 2.24) is 5.32 Å². The maximum Gasteiger partial charge on any atom is 0.216 e. The Bertz CT molecular complexity index is 380. The summed E-state index contributed by atoms with van der Waals surface area (Å²) in [6.45, 7) is 8.62. The SMILES string of the molecule is CCOc1cccc(N(CC)CCNC(C)=O)c1. The third-order valence-corrected chi connectivity index (χ3v) is 2.63. The van der Waals surface area contributed by atoms with Crippen LogP contribution in [0, 0.1) is 0 Å². The van der Waals surface area contributed by atoms with Gasteiger partial charge in [-0.1, -0.05) is 6.07 Å². The Balaban J connectivity index is 2.63. The van der Waals surface area contributed by atoms with Crippen LogP contribution in [0.15, 0.2) is 24.3 Å². The molecule has 1 aromatic rings. The average molecular weight is 250 g/mol. The first-order valence-corrected chi connectivity index (χ1v) is 6.39. The summed E-state index contributed by atoms with van der Waals surface area (Å²) in [5.41, 5.74) is 1.12. The monoisotopic (exact) mass is 250 g/mol. The molecule has 4 nitrogen and oxygen atoms in total. The summed E-state index contributed by atoms with van der Waals surface area (Å²) in [6, 6.07) is 8.02. The van der Waals surface area contributed by atoms with Crippen molar-refractivity contribution >= 4 is 11.6 Å². The van der Waals surface area contributed by atoms with Crippen molar-refractivity contribution in [3.8, 4) is 5.75 Å². The largest absolute Gasteiger partial charge is 0.494 e. The van der Waals surface area contributed by atoms with E-state index < -0.39 is 0 Å². The van der Waals surface area contributed by atoms with Crippen LogP contribution in [0.1, 0.15) is 20.8 Å². The van der Waals surface area contributed by atoms with E-state index in [1.165, 1.54) is 6.92 Å². The lowest BCUT2D eigenvalue weighted by Gasteiger charge is -2.23. The lowest BCUT2D eigenvalue weighted by Crippen LogP contribution is -2.33. The number of carbonyl (C=O) groups excluding carboxylic acids is 1. The van der Waals surface area contributed by atoms with Crippen LogP contribution in [-0.2, 0) is 4.79 Å². The van der Waals surface area contributed by atoms with E-state index in [1.807, 2.05) is 25.1 Å². The van der Waals surface area contributed by atoms with Gasteiger partial charge in [-0.25, -0.2) is 0 Å². The van der Waals surface area contributed by atoms with Crippen LogP contribution < -0.4 is 15.0 Å². The number of benzene rings is 1. The smallest absolute Gasteiger partial charge is 0.216 e. The summed E-state index contributed by atoms with van der Waals surface area (Å²) in [5.74, 6) is 0.891. The number of rotatable bonds is 7. The summed E-state index contributed by atoms with van der Waals surface area (Å²) in [6.07, 6.45) is 0. The Morgan fingerprint density at radius 1 is 1.39 bits per heavy atom. The van der Waals surface area contributed by atoms with E-state index in [1.54, 1.807) is 0 Å². The first-order valence-electron chi connectivity index (χ1n) is 6.39. The zero-order chi connectivity index (χ0) is 13.4. The highest BCUT2D eigenvalue weighted by Gasteiger charge is 2.05. The van der Waals surface area contributed by atoms with E-state index in [0.717, 1.165) is 24.5 Å². The molecule has 0 atom stereocenters. The molecule has 18 heavy (non-hydrogen) atoms. The normalized spacial score (nSPS) is 9.94. The Morgan fingerprint density at radius 2 is 2.17 bits per heavy atom. The van der Waals surface area contributed by atoms with Crippen LogP contribution in [-0.4, -0.2) is 32.1 Å². The number of likely N-dealkylation sites (N-methyl/N-ethyl adjacent to an activating group) is 1. The van der Waals surface area contributed by atoms with Crippen LogP contribution in [0.3, 0.4) is 0 Å². The molecule has 0 fully saturated rings. The van der Waals surface area contributed by atoms with Crippen molar-refractivity contribution in [3.63, 3.8) is 0 Å². The van der Waals surface area contributed by atoms with Crippen molar-refractivity contribution in [1.29, 1.82) is 0 Å². The number of nitrogens with zero attached hydrogens (tertiary/aromatic N) is 1. The zero-order valence-corrected chi connectivity index (χ0v) is 11.4. The second kappa shape index (κ2) is 7.58. The molecule has 0 radical (unpaired) electrons. The molecule has 0 bridgehead atoms. The Hall–Kier alpha value is -1.71. The first kappa shape index (κ1) is 14.4. The number of amides is 1. The molecule has 0 aliphatic carbocycles. The quantitative estimate of drug-likeness (QED) is 0.805. The molecule has 1 rings (SSSR count). The highest BCUT2D eigenvalue weighted by atomic mass is 16.5. The molecule has 0 saturated carbocycles. The van der Waals surface area contributed by atoms with Gasteiger partial charge in [0.1, 0.15) is 5.75 Å². The van der Waals surface area contributed by atoms with Crippen molar-refractivity contribution in [2.24, 2.45) is 0 Å². The molecule has 0 saturated heterocycles. The molecule has 0 aromatic heterocycles. The third kappa shape index (κ3) is 4.65. The Kier molecular flexibility index (Phi) is 6.05. The van der Waals surface area contributed by atoms with E-state index in [9.17, 15) is 4.79 Å². The van der Waals surface area contributed by atoms with Crippen molar-refractivity contribution < 1.29 is 9.53 Å². The van der Waals surface area contributed by atoms with Gasteiger partial charge in [-0.3, -0.25) is 4.79 Å². The van der Waals surface area contributed by atoms with Gasteiger partial charge in [0.05, 0.1) is 6.61 Å². The molecule has 4 heteroatoms. The van der Waals surface area contributed by atoms with Gasteiger partial charge in [0.25, 0.3) is 0 Å². The van der Waals surface area contributed by atoms with Crippen LogP contribution in [0.2, 0.25) is 0 Å². The molecule has 1 N–H and O–H groups in total. The molecule has 100 valence electrons. The first-order chi connectivity index (χ1) is 8.67. The molecular weight excluding hydrogens is 228 g/mol. The van der Waals surface area contributed by atoms with Gasteiger partial charge < -0.3 is 15.0 Å². The molecule has 0 unspecified atom stereocenters. The van der Waals surface area contributed by atoms with Crippen LogP contribution in [0.5, 0.6) is 5.75 Å². The second-order valence-corrected chi connectivity index (χ2v) is 3.99. The lowest BCUT2D eigenvalue weighted by molar-refractivity contribution is -0.118.